The van der Waals surface area contributed by atoms with E-state index < -0.39 is 0 Å². The molecule has 0 aliphatic heterocycles. The molecule has 0 aliphatic rings. The van der Waals surface area contributed by atoms with E-state index in [-0.39, 0.29) is 19.5 Å². The second kappa shape index (κ2) is 3.61. The van der Waals surface area contributed by atoms with Crippen LogP contribution in [0.3, 0.4) is 0 Å². The zero-order valence-corrected chi connectivity index (χ0v) is 9.35. The minimum Gasteiger partial charge on any atom is -0.281 e. The Labute approximate surface area is 73.1 Å². The van der Waals surface area contributed by atoms with Gasteiger partial charge in [-0.15, -0.1) is 0 Å². The summed E-state index contributed by atoms with van der Waals surface area (Å²) in [4.78, 5) is 0. The normalized spacial score (nSPS) is 8.00. The summed E-state index contributed by atoms with van der Waals surface area (Å²) >= 11 is 10.8. The van der Waals surface area contributed by atoms with E-state index in [9.17, 15) is 0 Å². The third kappa shape index (κ3) is 2.26. The van der Waals surface area contributed by atoms with Crippen LogP contribution < -0.4 is 0 Å². The van der Waals surface area contributed by atoms with Gasteiger partial charge in [0.15, 0.2) is 7.91 Å². The molecule has 0 saturated heterocycles. The van der Waals surface area contributed by atoms with Crippen molar-refractivity contribution in [2.45, 2.75) is 0 Å². The molecular formula is C2H2N2S3Zn+2. The molecular weight excluding hydrogens is 214 g/mol. The summed E-state index contributed by atoms with van der Waals surface area (Å²) in [5, 5.41) is 5.34. The molecule has 1 aromatic rings. The van der Waals surface area contributed by atoms with E-state index in [1.165, 1.54) is 11.3 Å². The van der Waals surface area contributed by atoms with E-state index in [4.69, 9.17) is 24.4 Å². The van der Waals surface area contributed by atoms with Gasteiger partial charge in [-0.25, -0.2) is 0 Å². The number of aromatic amines is 2. The van der Waals surface area contributed by atoms with Gasteiger partial charge in [-0.1, -0.05) is 11.3 Å². The second-order valence-corrected chi connectivity index (χ2v) is 3.28. The van der Waals surface area contributed by atoms with Crippen molar-refractivity contribution in [2.75, 3.05) is 0 Å². The summed E-state index contributed by atoms with van der Waals surface area (Å²) < 4.78 is 1.40. The molecule has 0 saturated carbocycles. The average Bonchev–Trinajstić information content (AvgIpc) is 1.87. The molecule has 0 aromatic carbocycles. The van der Waals surface area contributed by atoms with Gasteiger partial charge in [0.1, 0.15) is 0 Å². The Kier molecular flexibility index (Phi) is 3.89. The van der Waals surface area contributed by atoms with Crippen LogP contribution in [0, 0.1) is 7.91 Å². The molecule has 0 radical (unpaired) electrons. The van der Waals surface area contributed by atoms with Crippen molar-refractivity contribution in [3.63, 3.8) is 0 Å². The summed E-state index contributed by atoms with van der Waals surface area (Å²) in [5.41, 5.74) is 0. The first-order valence-electron chi connectivity index (χ1n) is 1.57. The topological polar surface area (TPSA) is 31.6 Å². The van der Waals surface area contributed by atoms with Gasteiger partial charge in [-0.3, -0.25) is 10.2 Å². The summed E-state index contributed by atoms with van der Waals surface area (Å²) in [7, 11) is 0. The van der Waals surface area contributed by atoms with Crippen LogP contribution in [0.5, 0.6) is 0 Å². The third-order valence-corrected chi connectivity index (χ3v) is 1.73. The number of aromatic nitrogens is 2. The molecule has 0 unspecified atom stereocenters. The molecule has 6 heteroatoms. The van der Waals surface area contributed by atoms with Gasteiger partial charge >= 0.3 is 19.5 Å². The van der Waals surface area contributed by atoms with Crippen LogP contribution in [-0.4, -0.2) is 10.2 Å². The SMILES string of the molecule is S=c1[nH][nH]c(=S)s1.[Zn+2]. The molecule has 1 heterocycles. The third-order valence-electron chi connectivity index (χ3n) is 0.452. The Morgan fingerprint density at radius 3 is 1.62 bits per heavy atom. The zero-order chi connectivity index (χ0) is 5.28. The van der Waals surface area contributed by atoms with E-state index >= 15 is 0 Å². The molecule has 38 valence electrons. The van der Waals surface area contributed by atoms with Crippen LogP contribution in [0.2, 0.25) is 0 Å². The van der Waals surface area contributed by atoms with Crippen molar-refractivity contribution in [1.82, 2.24) is 10.2 Å². The van der Waals surface area contributed by atoms with Gasteiger partial charge < -0.3 is 0 Å². The molecule has 0 spiro atoms. The van der Waals surface area contributed by atoms with Crippen LogP contribution in [0.1, 0.15) is 0 Å². The second-order valence-electron chi connectivity index (χ2n) is 0.927. The van der Waals surface area contributed by atoms with Crippen LogP contribution in [-0.2, 0) is 19.5 Å². The molecule has 1 aromatic heterocycles. The predicted octanol–water partition coefficient (Wildman–Crippen LogP) is 1.86. The molecule has 0 atom stereocenters. The van der Waals surface area contributed by atoms with E-state index in [1.807, 2.05) is 0 Å². The standard InChI is InChI=1S/C2H2N2S3.Zn/c5-1-3-4-2(6)7-1;/h(H,3,5)(H,4,6);/q;+2. The van der Waals surface area contributed by atoms with Gasteiger partial charge in [0.2, 0.25) is 0 Å². The zero-order valence-electron chi connectivity index (χ0n) is 3.93. The van der Waals surface area contributed by atoms with E-state index in [2.05, 4.69) is 10.2 Å². The van der Waals surface area contributed by atoms with E-state index in [1.54, 1.807) is 0 Å². The van der Waals surface area contributed by atoms with Crippen molar-refractivity contribution in [3.8, 4) is 0 Å². The molecule has 2 N–H and O–H groups in total. The van der Waals surface area contributed by atoms with Crippen molar-refractivity contribution in [2.24, 2.45) is 0 Å². The minimum atomic E-state index is 0. The van der Waals surface area contributed by atoms with Gasteiger partial charge in [0, 0.05) is 0 Å². The van der Waals surface area contributed by atoms with Crippen LogP contribution >= 0.6 is 35.8 Å². The fraction of sp³-hybridized carbons (Fsp3) is 0. The first kappa shape index (κ1) is 8.62. The Morgan fingerprint density at radius 2 is 1.50 bits per heavy atom. The largest absolute Gasteiger partial charge is 2.00 e. The van der Waals surface area contributed by atoms with Crippen molar-refractivity contribution < 1.29 is 19.5 Å². The number of nitrogens with one attached hydrogen (secondary N) is 2. The molecule has 0 fully saturated rings. The number of rotatable bonds is 0. The van der Waals surface area contributed by atoms with E-state index in [0.717, 1.165) is 0 Å². The number of H-pyrrole nitrogens is 2. The first-order chi connectivity index (χ1) is 3.29. The molecule has 8 heavy (non-hydrogen) atoms. The summed E-state index contributed by atoms with van der Waals surface area (Å²) in [5.74, 6) is 0. The summed E-state index contributed by atoms with van der Waals surface area (Å²) in [6.07, 6.45) is 0. The molecule has 2 nitrogen and oxygen atoms in total. The molecule has 0 bridgehead atoms. The Balaban J connectivity index is 0.000000490. The van der Waals surface area contributed by atoms with Crippen molar-refractivity contribution >= 4 is 35.8 Å². The number of hydrogen-bond donors (Lipinski definition) is 2. The van der Waals surface area contributed by atoms with E-state index in [0.29, 0.717) is 7.91 Å². The van der Waals surface area contributed by atoms with Crippen molar-refractivity contribution in [3.05, 3.63) is 7.91 Å². The fourth-order valence-corrected chi connectivity index (χ4v) is 1.37. The van der Waals surface area contributed by atoms with Gasteiger partial charge in [0.05, 0.1) is 0 Å². The Bertz CT molecular complexity index is 220. The fourth-order valence-electron chi connectivity index (χ4n) is 0.237. The van der Waals surface area contributed by atoms with Gasteiger partial charge in [-0.2, -0.15) is 0 Å². The quantitative estimate of drug-likeness (QED) is 0.511. The molecule has 0 aliphatic carbocycles. The van der Waals surface area contributed by atoms with Crippen molar-refractivity contribution in [1.29, 1.82) is 0 Å². The maximum Gasteiger partial charge on any atom is 2.00 e. The summed E-state index contributed by atoms with van der Waals surface area (Å²) in [6, 6.07) is 0. The predicted molar refractivity (Wildman–Crippen MR) is 34.7 cm³/mol. The smallest absolute Gasteiger partial charge is 0.281 e. The minimum absolute atomic E-state index is 0. The van der Waals surface area contributed by atoms with Gasteiger partial charge in [0.25, 0.3) is 0 Å². The van der Waals surface area contributed by atoms with Gasteiger partial charge in [-0.05, 0) is 24.4 Å². The monoisotopic (exact) mass is 214 g/mol. The maximum atomic E-state index is 4.70. The van der Waals surface area contributed by atoms with Crippen LogP contribution in [0.25, 0.3) is 0 Å². The first-order valence-corrected chi connectivity index (χ1v) is 3.20. The molecule has 1 rings (SSSR count). The van der Waals surface area contributed by atoms with Crippen LogP contribution in [0.15, 0.2) is 0 Å². The molecule has 0 amide bonds. The Morgan fingerprint density at radius 1 is 1.12 bits per heavy atom. The Hall–Kier alpha value is 0.623. The number of hydrogen-bond acceptors (Lipinski definition) is 3. The summed E-state index contributed by atoms with van der Waals surface area (Å²) in [6.45, 7) is 0. The van der Waals surface area contributed by atoms with Crippen LogP contribution in [0.4, 0.5) is 0 Å². The average molecular weight is 216 g/mol. The maximum absolute atomic E-state index is 4.70.